The number of nitro groups is 1. The van der Waals surface area contributed by atoms with Crippen LogP contribution in [0.3, 0.4) is 0 Å². The summed E-state index contributed by atoms with van der Waals surface area (Å²) in [6.45, 7) is 0.517. The van der Waals surface area contributed by atoms with Crippen LogP contribution in [-0.4, -0.2) is 36.1 Å². The number of nitro benzene ring substituents is 1. The molecule has 2 aromatic rings. The Balaban J connectivity index is 2.20. The highest BCUT2D eigenvalue weighted by Crippen LogP contribution is 2.27. The predicted octanol–water partition coefficient (Wildman–Crippen LogP) is 2.93. The van der Waals surface area contributed by atoms with E-state index >= 15 is 0 Å². The van der Waals surface area contributed by atoms with Crippen LogP contribution < -0.4 is 10.2 Å². The Morgan fingerprint density at radius 2 is 1.96 bits per heavy atom. The van der Waals surface area contributed by atoms with Crippen LogP contribution in [-0.2, 0) is 0 Å². The van der Waals surface area contributed by atoms with Crippen molar-refractivity contribution in [3.05, 3.63) is 63.2 Å². The van der Waals surface area contributed by atoms with E-state index in [1.165, 1.54) is 18.2 Å². The van der Waals surface area contributed by atoms with E-state index in [9.17, 15) is 14.9 Å². The lowest BCUT2D eigenvalue weighted by molar-refractivity contribution is -0.385. The summed E-state index contributed by atoms with van der Waals surface area (Å²) in [7, 11) is 1.83. The fourth-order valence-corrected chi connectivity index (χ4v) is 2.42. The molecule has 0 aliphatic heterocycles. The van der Waals surface area contributed by atoms with E-state index < -0.39 is 10.8 Å². The average Bonchev–Trinajstić information content (AvgIpc) is 2.55. The van der Waals surface area contributed by atoms with Gasteiger partial charge in [0.2, 0.25) is 0 Å². The monoisotopic (exact) mass is 349 g/mol. The van der Waals surface area contributed by atoms with Crippen molar-refractivity contribution in [2.24, 2.45) is 0 Å². The van der Waals surface area contributed by atoms with Gasteiger partial charge in [0.05, 0.1) is 16.6 Å². The van der Waals surface area contributed by atoms with Crippen molar-refractivity contribution >= 4 is 34.6 Å². The summed E-state index contributed by atoms with van der Waals surface area (Å²) in [6, 6.07) is 11.0. The number of halogens is 1. The van der Waals surface area contributed by atoms with Crippen LogP contribution in [0.15, 0.2) is 42.5 Å². The Hall–Kier alpha value is -2.64. The molecule has 0 aliphatic carbocycles. The molecule has 2 rings (SSSR count). The van der Waals surface area contributed by atoms with E-state index in [-0.39, 0.29) is 22.9 Å². The molecule has 1 amide bonds. The maximum Gasteiger partial charge on any atom is 0.283 e. The summed E-state index contributed by atoms with van der Waals surface area (Å²) in [5.74, 6) is -0.649. The van der Waals surface area contributed by atoms with Crippen LogP contribution in [0.5, 0.6) is 0 Å². The number of hydrogen-bond acceptors (Lipinski definition) is 5. The molecule has 0 heterocycles. The molecule has 2 aromatic carbocycles. The van der Waals surface area contributed by atoms with E-state index in [4.69, 9.17) is 16.7 Å². The fourth-order valence-electron chi connectivity index (χ4n) is 2.16. The van der Waals surface area contributed by atoms with Gasteiger partial charge in [-0.05, 0) is 30.3 Å². The van der Waals surface area contributed by atoms with Gasteiger partial charge in [0.1, 0.15) is 5.56 Å². The number of nitrogens with one attached hydrogen (secondary N) is 1. The minimum Gasteiger partial charge on any atom is -0.395 e. The smallest absolute Gasteiger partial charge is 0.283 e. The molecule has 0 saturated carbocycles. The molecule has 24 heavy (non-hydrogen) atoms. The van der Waals surface area contributed by atoms with Gasteiger partial charge in [-0.3, -0.25) is 14.9 Å². The summed E-state index contributed by atoms with van der Waals surface area (Å²) in [5, 5.41) is 22.6. The number of aliphatic hydroxyl groups is 1. The van der Waals surface area contributed by atoms with Crippen LogP contribution in [0.2, 0.25) is 5.02 Å². The van der Waals surface area contributed by atoms with Gasteiger partial charge < -0.3 is 15.3 Å². The molecule has 0 bridgehead atoms. The number of rotatable bonds is 6. The van der Waals surface area contributed by atoms with Crippen LogP contribution in [0.25, 0.3) is 0 Å². The number of benzene rings is 2. The van der Waals surface area contributed by atoms with Gasteiger partial charge >= 0.3 is 0 Å². The third kappa shape index (κ3) is 4.01. The average molecular weight is 350 g/mol. The second-order valence-electron chi connectivity index (χ2n) is 5.04. The van der Waals surface area contributed by atoms with Gasteiger partial charge in [-0.15, -0.1) is 0 Å². The molecule has 0 unspecified atom stereocenters. The van der Waals surface area contributed by atoms with Gasteiger partial charge in [0.15, 0.2) is 0 Å². The van der Waals surface area contributed by atoms with E-state index in [0.29, 0.717) is 12.2 Å². The zero-order valence-electron chi connectivity index (χ0n) is 12.9. The highest BCUT2D eigenvalue weighted by Gasteiger charge is 2.23. The number of carbonyl (C=O) groups is 1. The molecule has 8 heteroatoms. The predicted molar refractivity (Wildman–Crippen MR) is 92.9 cm³/mol. The molecule has 0 spiro atoms. The summed E-state index contributed by atoms with van der Waals surface area (Å²) in [4.78, 5) is 24.6. The quantitative estimate of drug-likeness (QED) is 0.617. The van der Waals surface area contributed by atoms with Crippen molar-refractivity contribution in [2.45, 2.75) is 0 Å². The first kappa shape index (κ1) is 17.7. The Bertz CT molecular complexity index is 749. The standard InChI is InChI=1S/C16H16ClN3O4/c1-19(9-10-21)12-7-5-11(6-8-12)18-16(22)15-13(17)3-2-4-14(15)20(23)24/h2-8,21H,9-10H2,1H3,(H,18,22). The first-order chi connectivity index (χ1) is 11.4. The van der Waals surface area contributed by atoms with Crippen molar-refractivity contribution in [3.63, 3.8) is 0 Å². The zero-order chi connectivity index (χ0) is 17.7. The molecular weight excluding hydrogens is 334 g/mol. The van der Waals surface area contributed by atoms with Crippen molar-refractivity contribution in [3.8, 4) is 0 Å². The highest BCUT2D eigenvalue weighted by molar-refractivity contribution is 6.35. The molecular formula is C16H16ClN3O4. The van der Waals surface area contributed by atoms with Crippen molar-refractivity contribution in [1.82, 2.24) is 0 Å². The summed E-state index contributed by atoms with van der Waals surface area (Å²) in [6.07, 6.45) is 0. The van der Waals surface area contributed by atoms with E-state index in [2.05, 4.69) is 5.32 Å². The molecule has 0 aliphatic rings. The largest absolute Gasteiger partial charge is 0.395 e. The van der Waals surface area contributed by atoms with Crippen molar-refractivity contribution in [1.29, 1.82) is 0 Å². The maximum absolute atomic E-state index is 12.3. The lowest BCUT2D eigenvalue weighted by Crippen LogP contribution is -2.21. The highest BCUT2D eigenvalue weighted by atomic mass is 35.5. The molecule has 0 aromatic heterocycles. The van der Waals surface area contributed by atoms with Crippen molar-refractivity contribution in [2.75, 3.05) is 30.4 Å². The van der Waals surface area contributed by atoms with Gasteiger partial charge in [-0.1, -0.05) is 17.7 Å². The minimum absolute atomic E-state index is 0.0148. The zero-order valence-corrected chi connectivity index (χ0v) is 13.7. The lowest BCUT2D eigenvalue weighted by atomic mass is 10.1. The Morgan fingerprint density at radius 3 is 2.54 bits per heavy atom. The van der Waals surface area contributed by atoms with E-state index in [0.717, 1.165) is 5.69 Å². The Kier molecular flexibility index (Phi) is 5.73. The molecule has 7 nitrogen and oxygen atoms in total. The molecule has 0 radical (unpaired) electrons. The van der Waals surface area contributed by atoms with Crippen molar-refractivity contribution < 1.29 is 14.8 Å². The third-order valence-electron chi connectivity index (χ3n) is 3.42. The van der Waals surface area contributed by atoms with Crippen LogP contribution in [0, 0.1) is 10.1 Å². The normalized spacial score (nSPS) is 10.3. The van der Waals surface area contributed by atoms with E-state index in [1.54, 1.807) is 24.3 Å². The molecule has 0 saturated heterocycles. The number of aliphatic hydroxyl groups excluding tert-OH is 1. The number of hydrogen-bond donors (Lipinski definition) is 2. The summed E-state index contributed by atoms with van der Waals surface area (Å²) < 4.78 is 0. The van der Waals surface area contributed by atoms with Gasteiger partial charge in [0.25, 0.3) is 11.6 Å². The maximum atomic E-state index is 12.3. The van der Waals surface area contributed by atoms with Crippen LogP contribution in [0.1, 0.15) is 10.4 Å². The first-order valence-corrected chi connectivity index (χ1v) is 7.48. The number of nitrogens with zero attached hydrogens (tertiary/aromatic N) is 2. The second-order valence-corrected chi connectivity index (χ2v) is 5.44. The number of anilines is 2. The summed E-state index contributed by atoms with van der Waals surface area (Å²) >= 11 is 5.94. The Labute approximate surface area is 143 Å². The fraction of sp³-hybridized carbons (Fsp3) is 0.188. The lowest BCUT2D eigenvalue weighted by Gasteiger charge is -2.18. The van der Waals surface area contributed by atoms with Gasteiger partial charge in [-0.25, -0.2) is 0 Å². The Morgan fingerprint density at radius 1 is 1.29 bits per heavy atom. The van der Waals surface area contributed by atoms with E-state index in [1.807, 2.05) is 11.9 Å². The summed E-state index contributed by atoms with van der Waals surface area (Å²) in [5.41, 5.74) is 0.825. The number of amides is 1. The molecule has 126 valence electrons. The third-order valence-corrected chi connectivity index (χ3v) is 3.73. The SMILES string of the molecule is CN(CCO)c1ccc(NC(=O)c2c(Cl)cccc2[N+](=O)[O-])cc1. The van der Waals surface area contributed by atoms with Crippen LogP contribution >= 0.6 is 11.6 Å². The molecule has 0 fully saturated rings. The van der Waals surface area contributed by atoms with Gasteiger partial charge in [-0.2, -0.15) is 0 Å². The second kappa shape index (κ2) is 7.76. The topological polar surface area (TPSA) is 95.7 Å². The number of carbonyl (C=O) groups excluding carboxylic acids is 1. The number of likely N-dealkylation sites (N-methyl/N-ethyl adjacent to an activating group) is 1. The van der Waals surface area contributed by atoms with Crippen LogP contribution in [0.4, 0.5) is 17.1 Å². The molecule has 0 atom stereocenters. The minimum atomic E-state index is -0.649. The van der Waals surface area contributed by atoms with Gasteiger partial charge in [0, 0.05) is 31.0 Å². The first-order valence-electron chi connectivity index (χ1n) is 7.10. The molecule has 2 N–H and O–H groups in total.